The summed E-state index contributed by atoms with van der Waals surface area (Å²) in [5.74, 6) is 0.805. The van der Waals surface area contributed by atoms with Crippen molar-refractivity contribution >= 4 is 11.6 Å². The second-order valence-electron chi connectivity index (χ2n) is 4.35. The predicted molar refractivity (Wildman–Crippen MR) is 80.0 cm³/mol. The molecule has 0 bridgehead atoms. The van der Waals surface area contributed by atoms with Crippen molar-refractivity contribution in [1.82, 2.24) is 5.32 Å². The average Bonchev–Trinajstić information content (AvgIpc) is 2.45. The number of halogens is 1. The highest BCUT2D eigenvalue weighted by atomic mass is 35.5. The number of nitrogens with one attached hydrogen (secondary N) is 1. The summed E-state index contributed by atoms with van der Waals surface area (Å²) in [5, 5.41) is 12.4. The lowest BCUT2D eigenvalue weighted by atomic mass is 10.2. The monoisotopic (exact) mass is 296 g/mol. The van der Waals surface area contributed by atoms with Gasteiger partial charge in [0.25, 0.3) is 0 Å². The van der Waals surface area contributed by atoms with Crippen LogP contribution in [0.5, 0.6) is 5.75 Å². The molecule has 0 amide bonds. The first-order chi connectivity index (χ1) is 9.79. The van der Waals surface area contributed by atoms with Gasteiger partial charge in [-0.3, -0.25) is 0 Å². The van der Waals surface area contributed by atoms with E-state index in [-0.39, 0.29) is 0 Å². The minimum atomic E-state index is 0.574. The van der Waals surface area contributed by atoms with Crippen LogP contribution in [0.25, 0.3) is 0 Å². The average molecular weight is 297 g/mol. The highest BCUT2D eigenvalue weighted by Gasteiger charge is 2.07. The van der Waals surface area contributed by atoms with Crippen molar-refractivity contribution in [2.24, 2.45) is 0 Å². The summed E-state index contributed by atoms with van der Waals surface area (Å²) < 4.78 is 10.7. The van der Waals surface area contributed by atoms with Crippen molar-refractivity contribution in [3.63, 3.8) is 0 Å². The second-order valence-corrected chi connectivity index (χ2v) is 4.76. The SMILES string of the molecule is COCCNCc1c(Cl)cccc1OCCCCC#N. The Labute approximate surface area is 125 Å². The van der Waals surface area contributed by atoms with Crippen LogP contribution in [-0.4, -0.2) is 26.9 Å². The van der Waals surface area contributed by atoms with E-state index in [1.807, 2.05) is 18.2 Å². The van der Waals surface area contributed by atoms with Crippen LogP contribution in [0, 0.1) is 11.3 Å². The van der Waals surface area contributed by atoms with Gasteiger partial charge in [0, 0.05) is 37.2 Å². The molecule has 0 saturated heterocycles. The van der Waals surface area contributed by atoms with Gasteiger partial charge in [-0.1, -0.05) is 17.7 Å². The fourth-order valence-electron chi connectivity index (χ4n) is 1.72. The zero-order valence-electron chi connectivity index (χ0n) is 11.8. The van der Waals surface area contributed by atoms with Crippen LogP contribution in [0.3, 0.4) is 0 Å². The van der Waals surface area contributed by atoms with Crippen molar-refractivity contribution in [2.75, 3.05) is 26.9 Å². The standard InChI is InChI=1S/C15H21ClN2O2/c1-19-11-9-18-12-13-14(16)6-5-7-15(13)20-10-4-2-3-8-17/h5-7,18H,2-4,9-12H2,1H3. The molecule has 0 atom stereocenters. The number of hydrogen-bond donors (Lipinski definition) is 1. The second kappa shape index (κ2) is 10.5. The van der Waals surface area contributed by atoms with E-state index < -0.39 is 0 Å². The van der Waals surface area contributed by atoms with E-state index in [1.165, 1.54) is 0 Å². The molecule has 0 aliphatic heterocycles. The molecule has 20 heavy (non-hydrogen) atoms. The molecule has 0 aliphatic carbocycles. The molecule has 1 aromatic rings. The highest BCUT2D eigenvalue weighted by Crippen LogP contribution is 2.26. The first kappa shape index (κ1) is 16.8. The fourth-order valence-corrected chi connectivity index (χ4v) is 1.95. The molecule has 0 spiro atoms. The third-order valence-electron chi connectivity index (χ3n) is 2.80. The first-order valence-corrected chi connectivity index (χ1v) is 7.14. The van der Waals surface area contributed by atoms with E-state index in [0.717, 1.165) is 30.7 Å². The molecule has 110 valence electrons. The fraction of sp³-hybridized carbons (Fsp3) is 0.533. The number of methoxy groups -OCH3 is 1. The lowest BCUT2D eigenvalue weighted by Crippen LogP contribution is -2.19. The van der Waals surface area contributed by atoms with E-state index in [4.69, 9.17) is 26.3 Å². The van der Waals surface area contributed by atoms with Crippen LogP contribution >= 0.6 is 11.6 Å². The third-order valence-corrected chi connectivity index (χ3v) is 3.16. The summed E-state index contributed by atoms with van der Waals surface area (Å²) in [7, 11) is 1.67. The van der Waals surface area contributed by atoms with Gasteiger partial charge in [-0.05, 0) is 25.0 Å². The molecule has 1 rings (SSSR count). The maximum absolute atomic E-state index is 8.48. The van der Waals surface area contributed by atoms with Crippen LogP contribution in [0.1, 0.15) is 24.8 Å². The predicted octanol–water partition coefficient (Wildman–Crippen LogP) is 3.15. The van der Waals surface area contributed by atoms with Gasteiger partial charge >= 0.3 is 0 Å². The van der Waals surface area contributed by atoms with Crippen LogP contribution in [0.4, 0.5) is 0 Å². The highest BCUT2D eigenvalue weighted by molar-refractivity contribution is 6.31. The Hall–Kier alpha value is -1.28. The molecule has 0 unspecified atom stereocenters. The van der Waals surface area contributed by atoms with E-state index >= 15 is 0 Å². The molecule has 1 N–H and O–H groups in total. The van der Waals surface area contributed by atoms with Crippen molar-refractivity contribution in [3.8, 4) is 11.8 Å². The maximum atomic E-state index is 8.48. The number of nitriles is 1. The largest absolute Gasteiger partial charge is 0.493 e. The Morgan fingerprint density at radius 2 is 2.15 bits per heavy atom. The number of ether oxygens (including phenoxy) is 2. The summed E-state index contributed by atoms with van der Waals surface area (Å²) in [6, 6.07) is 7.79. The number of rotatable bonds is 10. The van der Waals surface area contributed by atoms with Crippen LogP contribution in [0.15, 0.2) is 18.2 Å². The van der Waals surface area contributed by atoms with Gasteiger partial charge in [0.2, 0.25) is 0 Å². The smallest absolute Gasteiger partial charge is 0.125 e. The summed E-state index contributed by atoms with van der Waals surface area (Å²) in [6.07, 6.45) is 2.31. The van der Waals surface area contributed by atoms with Crippen molar-refractivity contribution in [2.45, 2.75) is 25.8 Å². The molecule has 0 heterocycles. The molecule has 4 nitrogen and oxygen atoms in total. The molecule has 0 saturated carbocycles. The summed E-state index contributed by atoms with van der Waals surface area (Å²) in [4.78, 5) is 0. The van der Waals surface area contributed by atoms with E-state index in [1.54, 1.807) is 7.11 Å². The van der Waals surface area contributed by atoms with Gasteiger partial charge in [0.05, 0.1) is 19.3 Å². The third kappa shape index (κ3) is 6.25. The van der Waals surface area contributed by atoms with E-state index in [0.29, 0.717) is 31.2 Å². The minimum absolute atomic E-state index is 0.574. The Morgan fingerprint density at radius 1 is 1.30 bits per heavy atom. The normalized spacial score (nSPS) is 10.2. The van der Waals surface area contributed by atoms with Crippen LogP contribution in [-0.2, 0) is 11.3 Å². The Morgan fingerprint density at radius 3 is 2.90 bits per heavy atom. The van der Waals surface area contributed by atoms with E-state index in [9.17, 15) is 0 Å². The van der Waals surface area contributed by atoms with Crippen LogP contribution < -0.4 is 10.1 Å². The number of unbranched alkanes of at least 4 members (excludes halogenated alkanes) is 2. The molecule has 5 heteroatoms. The summed E-state index contributed by atoms with van der Waals surface area (Å²) in [5.41, 5.74) is 0.963. The topological polar surface area (TPSA) is 54.3 Å². The Kier molecular flexibility index (Phi) is 8.81. The zero-order valence-corrected chi connectivity index (χ0v) is 12.6. The number of hydrogen-bond acceptors (Lipinski definition) is 4. The summed E-state index contributed by atoms with van der Waals surface area (Å²) >= 11 is 6.21. The Bertz CT molecular complexity index is 432. The molecule has 0 aliphatic rings. The first-order valence-electron chi connectivity index (χ1n) is 6.76. The van der Waals surface area contributed by atoms with Gasteiger partial charge in [-0.25, -0.2) is 0 Å². The van der Waals surface area contributed by atoms with Crippen molar-refractivity contribution in [3.05, 3.63) is 28.8 Å². The zero-order chi connectivity index (χ0) is 14.6. The maximum Gasteiger partial charge on any atom is 0.125 e. The molecular weight excluding hydrogens is 276 g/mol. The van der Waals surface area contributed by atoms with Gasteiger partial charge in [0.15, 0.2) is 0 Å². The Balaban J connectivity index is 2.47. The van der Waals surface area contributed by atoms with Crippen molar-refractivity contribution in [1.29, 1.82) is 5.26 Å². The van der Waals surface area contributed by atoms with Crippen molar-refractivity contribution < 1.29 is 9.47 Å². The molecule has 1 aromatic carbocycles. The lowest BCUT2D eigenvalue weighted by Gasteiger charge is -2.13. The van der Waals surface area contributed by atoms with Gasteiger partial charge in [-0.2, -0.15) is 5.26 Å². The molecule has 0 radical (unpaired) electrons. The molecule has 0 fully saturated rings. The number of benzene rings is 1. The summed E-state index contributed by atoms with van der Waals surface area (Å²) in [6.45, 7) is 2.68. The number of nitrogens with zero attached hydrogens (tertiary/aromatic N) is 1. The quantitative estimate of drug-likeness (QED) is 0.674. The van der Waals surface area contributed by atoms with Gasteiger partial charge < -0.3 is 14.8 Å². The lowest BCUT2D eigenvalue weighted by molar-refractivity contribution is 0.199. The van der Waals surface area contributed by atoms with E-state index in [2.05, 4.69) is 11.4 Å². The van der Waals surface area contributed by atoms with Crippen LogP contribution in [0.2, 0.25) is 5.02 Å². The van der Waals surface area contributed by atoms with Gasteiger partial charge in [-0.15, -0.1) is 0 Å². The molecule has 0 aromatic heterocycles. The molecular formula is C15H21ClN2O2. The minimum Gasteiger partial charge on any atom is -0.493 e. The van der Waals surface area contributed by atoms with Gasteiger partial charge in [0.1, 0.15) is 5.75 Å².